The van der Waals surface area contributed by atoms with Crippen molar-refractivity contribution in [3.05, 3.63) is 52.3 Å². The number of rotatable bonds is 4. The van der Waals surface area contributed by atoms with E-state index in [1.54, 1.807) is 12.1 Å². The van der Waals surface area contributed by atoms with E-state index in [1.165, 1.54) is 0 Å². The minimum absolute atomic E-state index is 0.0544. The first-order valence-electron chi connectivity index (χ1n) is 9.43. The van der Waals surface area contributed by atoms with E-state index in [2.05, 4.69) is 15.5 Å². The highest BCUT2D eigenvalue weighted by Crippen LogP contribution is 2.35. The van der Waals surface area contributed by atoms with E-state index in [-0.39, 0.29) is 17.9 Å². The van der Waals surface area contributed by atoms with E-state index < -0.39 is 0 Å². The molecule has 2 aliphatic heterocycles. The maximum absolute atomic E-state index is 13.2. The van der Waals surface area contributed by atoms with Crippen LogP contribution in [0, 0.1) is 32.1 Å². The predicted molar refractivity (Wildman–Crippen MR) is 102 cm³/mol. The summed E-state index contributed by atoms with van der Waals surface area (Å²) in [6.45, 7) is 6.29. The number of ketones is 2. The van der Waals surface area contributed by atoms with Gasteiger partial charge in [0.2, 0.25) is 0 Å². The Morgan fingerprint density at radius 2 is 1.85 bits per heavy atom. The third-order valence-electron chi connectivity index (χ3n) is 6.26. The first kappa shape index (κ1) is 17.7. The van der Waals surface area contributed by atoms with Crippen molar-refractivity contribution in [2.45, 2.75) is 52.1 Å². The van der Waals surface area contributed by atoms with Crippen molar-refractivity contribution >= 4 is 11.6 Å². The van der Waals surface area contributed by atoms with Gasteiger partial charge in [0, 0.05) is 35.1 Å². The molecule has 1 aromatic heterocycles. The van der Waals surface area contributed by atoms with Crippen molar-refractivity contribution in [2.75, 3.05) is 6.54 Å². The number of fused-ring (bicyclic) bond motifs is 2. The highest BCUT2D eigenvalue weighted by molar-refractivity contribution is 6.01. The van der Waals surface area contributed by atoms with Gasteiger partial charge in [-0.2, -0.15) is 5.26 Å². The Kier molecular flexibility index (Phi) is 4.24. The monoisotopic (exact) mass is 361 g/mol. The topological polar surface area (TPSA) is 66.1 Å². The summed E-state index contributed by atoms with van der Waals surface area (Å²) in [7, 11) is 0. The SMILES string of the molecule is Cc1c(C(=O)CN2C3CCC2C(=O)C3)c(C)n(-c2ccc(C#N)cc2)c1C. The van der Waals surface area contributed by atoms with Crippen LogP contribution in [0.2, 0.25) is 0 Å². The van der Waals surface area contributed by atoms with E-state index in [9.17, 15) is 9.59 Å². The Bertz CT molecular complexity index is 978. The highest BCUT2D eigenvalue weighted by Gasteiger charge is 2.46. The molecule has 0 radical (unpaired) electrons. The van der Waals surface area contributed by atoms with Gasteiger partial charge in [-0.1, -0.05) is 0 Å². The van der Waals surface area contributed by atoms with Crippen molar-refractivity contribution in [3.8, 4) is 11.8 Å². The average Bonchev–Trinajstić information content (AvgIpc) is 3.24. The van der Waals surface area contributed by atoms with Crippen LogP contribution < -0.4 is 0 Å². The van der Waals surface area contributed by atoms with Crippen molar-refractivity contribution in [1.29, 1.82) is 5.26 Å². The van der Waals surface area contributed by atoms with Gasteiger partial charge in [-0.15, -0.1) is 0 Å². The van der Waals surface area contributed by atoms with Crippen molar-refractivity contribution in [3.63, 3.8) is 0 Å². The molecular formula is C22H23N3O2. The van der Waals surface area contributed by atoms with E-state index in [0.29, 0.717) is 24.3 Å². The minimum atomic E-state index is -0.0544. The molecule has 5 heteroatoms. The number of nitrogens with zero attached hydrogens (tertiary/aromatic N) is 3. The number of carbonyl (C=O) groups is 2. The van der Waals surface area contributed by atoms with Crippen LogP contribution >= 0.6 is 0 Å². The normalized spacial score (nSPS) is 21.6. The molecule has 27 heavy (non-hydrogen) atoms. The summed E-state index contributed by atoms with van der Waals surface area (Å²) in [6, 6.07) is 9.72. The van der Waals surface area contributed by atoms with E-state index in [1.807, 2.05) is 32.9 Å². The van der Waals surface area contributed by atoms with Gasteiger partial charge in [-0.3, -0.25) is 14.5 Å². The van der Waals surface area contributed by atoms with Gasteiger partial charge >= 0.3 is 0 Å². The van der Waals surface area contributed by atoms with Crippen LogP contribution in [0.5, 0.6) is 0 Å². The molecule has 2 bridgehead atoms. The number of hydrogen-bond donors (Lipinski definition) is 0. The van der Waals surface area contributed by atoms with E-state index in [0.717, 1.165) is 41.0 Å². The van der Waals surface area contributed by atoms with Crippen LogP contribution in [0.25, 0.3) is 5.69 Å². The molecule has 2 saturated heterocycles. The molecule has 2 unspecified atom stereocenters. The second kappa shape index (κ2) is 6.47. The summed E-state index contributed by atoms with van der Waals surface area (Å²) in [5.74, 6) is 0.380. The summed E-state index contributed by atoms with van der Waals surface area (Å²) in [4.78, 5) is 27.3. The number of carbonyl (C=O) groups excluding carboxylic acids is 2. The smallest absolute Gasteiger partial charge is 0.178 e. The van der Waals surface area contributed by atoms with Crippen molar-refractivity contribution < 1.29 is 9.59 Å². The van der Waals surface area contributed by atoms with Gasteiger partial charge < -0.3 is 4.57 Å². The maximum atomic E-state index is 13.2. The van der Waals surface area contributed by atoms with Crippen LogP contribution in [0.1, 0.15) is 52.1 Å². The lowest BCUT2D eigenvalue weighted by Crippen LogP contribution is -2.35. The summed E-state index contributed by atoms with van der Waals surface area (Å²) < 4.78 is 2.08. The second-order valence-electron chi connectivity index (χ2n) is 7.68. The molecule has 1 aromatic carbocycles. The van der Waals surface area contributed by atoms with E-state index >= 15 is 0 Å². The summed E-state index contributed by atoms with van der Waals surface area (Å²) >= 11 is 0. The standard InChI is InChI=1S/C22H23N3O2/c1-13-14(2)25(17-6-4-16(11-23)5-7-17)15(3)22(13)21(27)12-24-18-8-9-19(24)20(26)10-18/h4-7,18-19H,8-10,12H2,1-3H3. The number of hydrogen-bond acceptors (Lipinski definition) is 4. The first-order chi connectivity index (χ1) is 12.9. The molecule has 0 spiro atoms. The first-order valence-corrected chi connectivity index (χ1v) is 9.43. The van der Waals surface area contributed by atoms with Crippen LogP contribution in [-0.4, -0.2) is 39.7 Å². The summed E-state index contributed by atoms with van der Waals surface area (Å²) in [5.41, 5.74) is 5.25. The molecule has 2 aromatic rings. The van der Waals surface area contributed by atoms with Gasteiger partial charge in [0.15, 0.2) is 11.6 Å². The van der Waals surface area contributed by atoms with Crippen LogP contribution in [0.3, 0.4) is 0 Å². The summed E-state index contributed by atoms with van der Waals surface area (Å²) in [6.07, 6.45) is 2.51. The fraction of sp³-hybridized carbons (Fsp3) is 0.409. The molecule has 0 saturated carbocycles. The van der Waals surface area contributed by atoms with Gasteiger partial charge in [0.1, 0.15) is 0 Å². The minimum Gasteiger partial charge on any atom is -0.317 e. The molecular weight excluding hydrogens is 338 g/mol. The second-order valence-corrected chi connectivity index (χ2v) is 7.68. The lowest BCUT2D eigenvalue weighted by atomic mass is 10.00. The zero-order valence-corrected chi connectivity index (χ0v) is 16.0. The Balaban J connectivity index is 1.66. The zero-order valence-electron chi connectivity index (χ0n) is 16.0. The Morgan fingerprint density at radius 1 is 1.15 bits per heavy atom. The van der Waals surface area contributed by atoms with Crippen molar-refractivity contribution in [2.24, 2.45) is 0 Å². The third kappa shape index (κ3) is 2.72. The molecule has 138 valence electrons. The zero-order chi connectivity index (χ0) is 19.3. The molecule has 2 atom stereocenters. The largest absolute Gasteiger partial charge is 0.317 e. The number of Topliss-reactive ketones (excluding diaryl/α,β-unsaturated/α-hetero) is 2. The molecule has 4 rings (SSSR count). The average molecular weight is 361 g/mol. The van der Waals surface area contributed by atoms with Crippen molar-refractivity contribution in [1.82, 2.24) is 9.47 Å². The Hall–Kier alpha value is -2.71. The number of aromatic nitrogens is 1. The summed E-state index contributed by atoms with van der Waals surface area (Å²) in [5, 5.41) is 9.00. The number of nitriles is 1. The molecule has 0 aliphatic carbocycles. The van der Waals surface area contributed by atoms with Gasteiger partial charge in [0.05, 0.1) is 24.2 Å². The van der Waals surface area contributed by atoms with Gasteiger partial charge in [0.25, 0.3) is 0 Å². The molecule has 5 nitrogen and oxygen atoms in total. The lowest BCUT2D eigenvalue weighted by molar-refractivity contribution is -0.120. The molecule has 3 heterocycles. The van der Waals surface area contributed by atoms with Gasteiger partial charge in [-0.05, 0) is 63.4 Å². The van der Waals surface area contributed by atoms with E-state index in [4.69, 9.17) is 5.26 Å². The fourth-order valence-electron chi connectivity index (χ4n) is 4.82. The van der Waals surface area contributed by atoms with Crippen LogP contribution in [0.4, 0.5) is 0 Å². The molecule has 2 aliphatic rings. The van der Waals surface area contributed by atoms with Gasteiger partial charge in [-0.25, -0.2) is 0 Å². The molecule has 2 fully saturated rings. The Morgan fingerprint density at radius 3 is 2.41 bits per heavy atom. The number of benzene rings is 1. The highest BCUT2D eigenvalue weighted by atomic mass is 16.1. The molecule has 0 N–H and O–H groups in total. The Labute approximate surface area is 159 Å². The molecule has 0 amide bonds. The van der Waals surface area contributed by atoms with Crippen LogP contribution in [-0.2, 0) is 4.79 Å². The third-order valence-corrected chi connectivity index (χ3v) is 6.26. The maximum Gasteiger partial charge on any atom is 0.178 e. The fourth-order valence-corrected chi connectivity index (χ4v) is 4.82. The lowest BCUT2D eigenvalue weighted by Gasteiger charge is -2.19. The quantitative estimate of drug-likeness (QED) is 0.784. The van der Waals surface area contributed by atoms with Crippen LogP contribution in [0.15, 0.2) is 24.3 Å². The predicted octanol–water partition coefficient (Wildman–Crippen LogP) is 3.26.